The van der Waals surface area contributed by atoms with Crippen LogP contribution in [0, 0.1) is 0 Å². The molecule has 0 radical (unpaired) electrons. The molecule has 0 fully saturated rings. The number of amides is 1. The maximum Gasteiger partial charge on any atom is 0.237 e. The molecule has 0 aromatic carbocycles. The van der Waals surface area contributed by atoms with Crippen LogP contribution < -0.4 is 10.6 Å². The molecule has 0 bridgehead atoms. The number of carbonyl (C=O) groups is 1. The second kappa shape index (κ2) is 7.14. The minimum Gasteiger partial charge on any atom is -0.388 e. The van der Waals surface area contributed by atoms with Crippen LogP contribution in [0.25, 0.3) is 0 Å². The molecule has 0 saturated heterocycles. The van der Waals surface area contributed by atoms with Gasteiger partial charge >= 0.3 is 0 Å². The number of thioether (sulfide) groups is 1. The molecule has 0 aromatic rings. The number of rotatable bonds is 7. The third-order valence-electron chi connectivity index (χ3n) is 2.07. The van der Waals surface area contributed by atoms with Crippen LogP contribution in [0.4, 0.5) is 0 Å². The summed E-state index contributed by atoms with van der Waals surface area (Å²) in [5.41, 5.74) is -0.772. The van der Waals surface area contributed by atoms with E-state index in [1.165, 1.54) is 0 Å². The summed E-state index contributed by atoms with van der Waals surface area (Å²) in [6.45, 7) is 7.83. The van der Waals surface area contributed by atoms with Gasteiger partial charge in [-0.1, -0.05) is 0 Å². The lowest BCUT2D eigenvalue weighted by Crippen LogP contribution is -2.50. The highest BCUT2D eigenvalue weighted by Crippen LogP contribution is 2.09. The van der Waals surface area contributed by atoms with Gasteiger partial charge in [0.25, 0.3) is 0 Å². The van der Waals surface area contributed by atoms with Crippen molar-refractivity contribution in [2.75, 3.05) is 18.6 Å². The smallest absolute Gasteiger partial charge is 0.237 e. The molecule has 5 heteroatoms. The van der Waals surface area contributed by atoms with Gasteiger partial charge in [0.15, 0.2) is 0 Å². The van der Waals surface area contributed by atoms with E-state index in [0.717, 1.165) is 0 Å². The van der Waals surface area contributed by atoms with Crippen molar-refractivity contribution in [2.45, 2.75) is 45.4 Å². The second-order valence-corrected chi connectivity index (χ2v) is 5.56. The average molecular weight is 248 g/mol. The number of carbonyl (C=O) groups excluding carboxylic acids is 1. The van der Waals surface area contributed by atoms with Gasteiger partial charge in [-0.2, -0.15) is 11.8 Å². The van der Waals surface area contributed by atoms with Crippen molar-refractivity contribution in [1.82, 2.24) is 10.6 Å². The molecule has 96 valence electrons. The van der Waals surface area contributed by atoms with Gasteiger partial charge in [-0.15, -0.1) is 0 Å². The Labute approximate surface area is 103 Å². The van der Waals surface area contributed by atoms with Crippen molar-refractivity contribution in [3.8, 4) is 0 Å². The third kappa shape index (κ3) is 7.09. The van der Waals surface area contributed by atoms with E-state index in [-0.39, 0.29) is 18.0 Å². The van der Waals surface area contributed by atoms with E-state index >= 15 is 0 Å². The summed E-state index contributed by atoms with van der Waals surface area (Å²) in [6, 6.07) is -0.140. The lowest BCUT2D eigenvalue weighted by molar-refractivity contribution is -0.123. The summed E-state index contributed by atoms with van der Waals surface area (Å²) >= 11 is 1.59. The first-order valence-corrected chi connectivity index (χ1v) is 6.93. The molecule has 0 rings (SSSR count). The monoisotopic (exact) mass is 248 g/mol. The summed E-state index contributed by atoms with van der Waals surface area (Å²) in [7, 11) is 0. The highest BCUT2D eigenvalue weighted by molar-refractivity contribution is 7.98. The van der Waals surface area contributed by atoms with E-state index in [1.54, 1.807) is 25.6 Å². The topological polar surface area (TPSA) is 61.4 Å². The van der Waals surface area contributed by atoms with Crippen molar-refractivity contribution >= 4 is 17.7 Å². The zero-order valence-electron chi connectivity index (χ0n) is 10.8. The van der Waals surface area contributed by atoms with Crippen molar-refractivity contribution in [2.24, 2.45) is 0 Å². The SMILES string of the molecule is CSCC(C)(O)CNC(C)C(=O)NC(C)C. The third-order valence-corrected chi connectivity index (χ3v) is 2.98. The van der Waals surface area contributed by atoms with E-state index in [2.05, 4.69) is 10.6 Å². The minimum absolute atomic E-state index is 0.0325. The molecule has 0 heterocycles. The molecule has 0 aliphatic carbocycles. The fraction of sp³-hybridized carbons (Fsp3) is 0.909. The van der Waals surface area contributed by atoms with Crippen molar-refractivity contribution < 1.29 is 9.90 Å². The van der Waals surface area contributed by atoms with E-state index in [0.29, 0.717) is 12.3 Å². The maximum absolute atomic E-state index is 11.6. The van der Waals surface area contributed by atoms with E-state index in [4.69, 9.17) is 0 Å². The van der Waals surface area contributed by atoms with Crippen LogP contribution >= 0.6 is 11.8 Å². The van der Waals surface area contributed by atoms with Crippen LogP contribution in [0.2, 0.25) is 0 Å². The zero-order valence-corrected chi connectivity index (χ0v) is 11.6. The summed E-state index contributed by atoms with van der Waals surface area (Å²) in [4.78, 5) is 11.6. The van der Waals surface area contributed by atoms with Crippen LogP contribution in [0.1, 0.15) is 27.7 Å². The fourth-order valence-corrected chi connectivity index (χ4v) is 1.96. The van der Waals surface area contributed by atoms with E-state index in [9.17, 15) is 9.90 Å². The Morgan fingerprint density at radius 2 is 2.00 bits per heavy atom. The first-order valence-electron chi connectivity index (χ1n) is 5.53. The molecule has 3 N–H and O–H groups in total. The Kier molecular flexibility index (Phi) is 7.03. The van der Waals surface area contributed by atoms with E-state index < -0.39 is 5.60 Å². The Hall–Kier alpha value is -0.260. The molecule has 2 atom stereocenters. The predicted octanol–water partition coefficient (Wildman–Crippen LogP) is 0.603. The van der Waals surface area contributed by atoms with Crippen LogP contribution in [0.3, 0.4) is 0 Å². The highest BCUT2D eigenvalue weighted by Gasteiger charge is 2.22. The number of nitrogens with one attached hydrogen (secondary N) is 2. The molecular formula is C11H24N2O2S. The van der Waals surface area contributed by atoms with E-state index in [1.807, 2.05) is 20.1 Å². The molecule has 1 amide bonds. The van der Waals surface area contributed by atoms with Gasteiger partial charge in [0.1, 0.15) is 0 Å². The summed E-state index contributed by atoms with van der Waals surface area (Å²) in [5, 5.41) is 15.8. The van der Waals surface area contributed by atoms with Crippen LogP contribution in [0.5, 0.6) is 0 Å². The van der Waals surface area contributed by atoms with Gasteiger partial charge in [-0.3, -0.25) is 4.79 Å². The quantitative estimate of drug-likeness (QED) is 0.617. The Morgan fingerprint density at radius 3 is 2.44 bits per heavy atom. The number of hydrogen-bond donors (Lipinski definition) is 3. The molecule has 16 heavy (non-hydrogen) atoms. The molecule has 0 aromatic heterocycles. The lowest BCUT2D eigenvalue weighted by atomic mass is 10.1. The number of hydrogen-bond acceptors (Lipinski definition) is 4. The van der Waals surface area contributed by atoms with Gasteiger partial charge in [-0.05, 0) is 34.0 Å². The maximum atomic E-state index is 11.6. The lowest BCUT2D eigenvalue weighted by Gasteiger charge is -2.25. The minimum atomic E-state index is -0.772. The first kappa shape index (κ1) is 15.7. The van der Waals surface area contributed by atoms with Crippen LogP contribution in [-0.4, -0.2) is 47.3 Å². The molecule has 2 unspecified atom stereocenters. The van der Waals surface area contributed by atoms with Gasteiger partial charge in [-0.25, -0.2) is 0 Å². The summed E-state index contributed by atoms with van der Waals surface area (Å²) in [5.74, 6) is 0.619. The molecular weight excluding hydrogens is 224 g/mol. The molecule has 0 aliphatic rings. The summed E-state index contributed by atoms with van der Waals surface area (Å²) < 4.78 is 0. The van der Waals surface area contributed by atoms with Crippen LogP contribution in [0.15, 0.2) is 0 Å². The highest BCUT2D eigenvalue weighted by atomic mass is 32.2. The fourth-order valence-electron chi connectivity index (χ4n) is 1.24. The molecule has 4 nitrogen and oxygen atoms in total. The van der Waals surface area contributed by atoms with Gasteiger partial charge in [0, 0.05) is 18.3 Å². The average Bonchev–Trinajstić information content (AvgIpc) is 2.13. The molecule has 0 saturated carbocycles. The van der Waals surface area contributed by atoms with Crippen molar-refractivity contribution in [3.63, 3.8) is 0 Å². The molecule has 0 spiro atoms. The van der Waals surface area contributed by atoms with Gasteiger partial charge in [0.2, 0.25) is 5.91 Å². The predicted molar refractivity (Wildman–Crippen MR) is 69.7 cm³/mol. The largest absolute Gasteiger partial charge is 0.388 e. The standard InChI is InChI=1S/C11H24N2O2S/c1-8(2)13-10(14)9(3)12-6-11(4,15)7-16-5/h8-9,12,15H,6-7H2,1-5H3,(H,13,14). The Balaban J connectivity index is 3.96. The zero-order chi connectivity index (χ0) is 12.8. The summed E-state index contributed by atoms with van der Waals surface area (Å²) in [6.07, 6.45) is 1.95. The Bertz CT molecular complexity index is 220. The van der Waals surface area contributed by atoms with Crippen molar-refractivity contribution in [3.05, 3.63) is 0 Å². The van der Waals surface area contributed by atoms with Gasteiger partial charge in [0.05, 0.1) is 11.6 Å². The van der Waals surface area contributed by atoms with Gasteiger partial charge < -0.3 is 15.7 Å². The number of aliphatic hydroxyl groups is 1. The normalized spacial score (nSPS) is 16.9. The van der Waals surface area contributed by atoms with Crippen LogP contribution in [-0.2, 0) is 4.79 Å². The first-order chi connectivity index (χ1) is 7.28. The molecule has 0 aliphatic heterocycles. The van der Waals surface area contributed by atoms with Crippen molar-refractivity contribution in [1.29, 1.82) is 0 Å². The Morgan fingerprint density at radius 1 is 1.44 bits per heavy atom. The second-order valence-electron chi connectivity index (χ2n) is 4.70.